The predicted octanol–water partition coefficient (Wildman–Crippen LogP) is 5.14. The van der Waals surface area contributed by atoms with Crippen molar-refractivity contribution >= 4 is 17.5 Å². The summed E-state index contributed by atoms with van der Waals surface area (Å²) in [6, 6.07) is 10.5. The Hall–Kier alpha value is -3.74. The minimum Gasteiger partial charge on any atom is -0.466 e. The number of carbonyl (C=O) groups is 2. The highest BCUT2D eigenvalue weighted by atomic mass is 16.5. The lowest BCUT2D eigenvalue weighted by Gasteiger charge is -2.33. The van der Waals surface area contributed by atoms with Gasteiger partial charge < -0.3 is 9.64 Å². The summed E-state index contributed by atoms with van der Waals surface area (Å²) in [6.45, 7) is 7.46. The molecule has 35 heavy (non-hydrogen) atoms. The normalized spacial score (nSPS) is 18.6. The van der Waals surface area contributed by atoms with Crippen molar-refractivity contribution < 1.29 is 14.3 Å². The molecule has 0 radical (unpaired) electrons. The van der Waals surface area contributed by atoms with Crippen molar-refractivity contribution in [2.75, 3.05) is 11.5 Å². The number of hydrogen-bond donors (Lipinski definition) is 0. The molecule has 4 rings (SSSR count). The number of rotatable bonds is 8. The first-order chi connectivity index (χ1) is 17.0. The molecule has 2 heterocycles. The first-order valence-corrected chi connectivity index (χ1v) is 12.2. The van der Waals surface area contributed by atoms with Crippen molar-refractivity contribution in [1.29, 1.82) is 0 Å². The van der Waals surface area contributed by atoms with Crippen LogP contribution >= 0.6 is 0 Å². The number of aromatic nitrogens is 2. The summed E-state index contributed by atoms with van der Waals surface area (Å²) in [5.74, 6) is -0.179. The maximum absolute atomic E-state index is 14.1. The summed E-state index contributed by atoms with van der Waals surface area (Å²) in [4.78, 5) is 31.3. The lowest BCUT2D eigenvalue weighted by Crippen LogP contribution is -2.45. The van der Waals surface area contributed by atoms with Crippen LogP contribution in [0, 0.1) is 0 Å². The Balaban J connectivity index is 1.74. The van der Waals surface area contributed by atoms with E-state index in [1.807, 2.05) is 61.2 Å². The van der Waals surface area contributed by atoms with E-state index >= 15 is 0 Å². The van der Waals surface area contributed by atoms with Gasteiger partial charge in [0, 0.05) is 35.3 Å². The molecule has 0 N–H and O–H groups in total. The van der Waals surface area contributed by atoms with E-state index < -0.39 is 6.04 Å². The zero-order valence-electron chi connectivity index (χ0n) is 20.4. The molecule has 1 atom stereocenters. The number of para-hydroxylation sites is 1. The van der Waals surface area contributed by atoms with Crippen molar-refractivity contribution in [3.8, 4) is 5.88 Å². The van der Waals surface area contributed by atoms with E-state index in [1.165, 1.54) is 12.6 Å². The van der Waals surface area contributed by atoms with E-state index in [2.05, 4.69) is 16.8 Å². The molecule has 2 amide bonds. The quantitative estimate of drug-likeness (QED) is 0.497. The molecule has 1 aromatic heterocycles. The third-order valence-electron chi connectivity index (χ3n) is 6.33. The SMILES string of the molecule is C=C(C)/C=C(\C=C/C)N(C(=O)COc1cccnn1)C1C(=O)N(C2CCCCC2)c2ccccc21. The standard InChI is InChI=1S/C28H32N4O3/c1-4-11-22(18-20(2)3)32(26(33)19-35-25-16-10-17-29-30-25)27-23-14-8-9-15-24(23)31(28(27)34)21-12-6-5-7-13-21/h4,8-11,14-18,21,27H,2,5-7,12-13,19H2,1,3H3/b11-4-,22-18+. The summed E-state index contributed by atoms with van der Waals surface area (Å²) >= 11 is 0. The van der Waals surface area contributed by atoms with Gasteiger partial charge in [-0.25, -0.2) is 0 Å². The molecule has 2 aliphatic rings. The average Bonchev–Trinajstić information content (AvgIpc) is 3.15. The van der Waals surface area contributed by atoms with Gasteiger partial charge in [-0.15, -0.1) is 5.10 Å². The molecule has 7 nitrogen and oxygen atoms in total. The molecule has 1 saturated carbocycles. The van der Waals surface area contributed by atoms with E-state index in [4.69, 9.17) is 4.74 Å². The van der Waals surface area contributed by atoms with Crippen molar-refractivity contribution in [1.82, 2.24) is 15.1 Å². The fourth-order valence-electron chi connectivity index (χ4n) is 4.91. The smallest absolute Gasteiger partial charge is 0.265 e. The molecule has 1 aromatic carbocycles. The van der Waals surface area contributed by atoms with E-state index in [0.29, 0.717) is 5.70 Å². The van der Waals surface area contributed by atoms with Crippen LogP contribution in [0.2, 0.25) is 0 Å². The molecule has 1 aliphatic carbocycles. The molecular weight excluding hydrogens is 440 g/mol. The van der Waals surface area contributed by atoms with Gasteiger partial charge in [-0.1, -0.05) is 55.7 Å². The highest BCUT2D eigenvalue weighted by molar-refractivity contribution is 6.07. The lowest BCUT2D eigenvalue weighted by atomic mass is 9.94. The predicted molar refractivity (Wildman–Crippen MR) is 136 cm³/mol. The monoisotopic (exact) mass is 472 g/mol. The highest BCUT2D eigenvalue weighted by Gasteiger charge is 2.46. The van der Waals surface area contributed by atoms with Crippen molar-refractivity contribution in [2.24, 2.45) is 0 Å². The van der Waals surface area contributed by atoms with E-state index in [9.17, 15) is 9.59 Å². The van der Waals surface area contributed by atoms with Gasteiger partial charge in [0.05, 0.1) is 0 Å². The van der Waals surface area contributed by atoms with Crippen LogP contribution in [0.5, 0.6) is 5.88 Å². The summed E-state index contributed by atoms with van der Waals surface area (Å²) in [6.07, 6.45) is 12.4. The minimum absolute atomic E-state index is 0.0805. The third-order valence-corrected chi connectivity index (χ3v) is 6.33. The van der Waals surface area contributed by atoms with E-state index in [0.717, 1.165) is 42.5 Å². The van der Waals surface area contributed by atoms with Crippen LogP contribution in [-0.4, -0.2) is 39.6 Å². The van der Waals surface area contributed by atoms with Gasteiger partial charge in [-0.3, -0.25) is 14.5 Å². The highest BCUT2D eigenvalue weighted by Crippen LogP contribution is 2.44. The van der Waals surface area contributed by atoms with Crippen molar-refractivity contribution in [3.05, 3.63) is 84.2 Å². The number of ether oxygens (including phenoxy) is 1. The van der Waals surface area contributed by atoms with Crippen LogP contribution in [0.25, 0.3) is 0 Å². The molecule has 1 aliphatic heterocycles. The zero-order chi connectivity index (χ0) is 24.8. The Morgan fingerprint density at radius 1 is 1.20 bits per heavy atom. The molecule has 182 valence electrons. The van der Waals surface area contributed by atoms with Gasteiger partial charge in [0.1, 0.15) is 6.04 Å². The number of fused-ring (bicyclic) bond motifs is 1. The molecule has 0 saturated heterocycles. The largest absolute Gasteiger partial charge is 0.466 e. The number of allylic oxidation sites excluding steroid dienone is 4. The van der Waals surface area contributed by atoms with E-state index in [1.54, 1.807) is 17.0 Å². The average molecular weight is 473 g/mol. The van der Waals surface area contributed by atoms with Crippen LogP contribution in [0.4, 0.5) is 5.69 Å². The summed E-state index contributed by atoms with van der Waals surface area (Å²) < 4.78 is 5.64. The number of hydrogen-bond acceptors (Lipinski definition) is 5. The summed E-state index contributed by atoms with van der Waals surface area (Å²) in [5.41, 5.74) is 3.07. The molecule has 0 bridgehead atoms. The fraction of sp³-hybridized carbons (Fsp3) is 0.357. The Kier molecular flexibility index (Phi) is 7.75. The van der Waals surface area contributed by atoms with Gasteiger partial charge in [0.2, 0.25) is 5.88 Å². The summed E-state index contributed by atoms with van der Waals surface area (Å²) in [7, 11) is 0. The van der Waals surface area contributed by atoms with Crippen LogP contribution in [0.1, 0.15) is 57.6 Å². The fourth-order valence-corrected chi connectivity index (χ4v) is 4.91. The Morgan fingerprint density at radius 2 is 1.97 bits per heavy atom. The Bertz CT molecular complexity index is 1140. The summed E-state index contributed by atoms with van der Waals surface area (Å²) in [5, 5.41) is 7.70. The maximum atomic E-state index is 14.1. The van der Waals surface area contributed by atoms with Crippen LogP contribution in [0.3, 0.4) is 0 Å². The van der Waals surface area contributed by atoms with Gasteiger partial charge in [-0.05, 0) is 51.0 Å². The molecule has 1 unspecified atom stereocenters. The first kappa shape index (κ1) is 24.4. The second kappa shape index (κ2) is 11.1. The minimum atomic E-state index is -0.784. The number of amides is 2. The van der Waals surface area contributed by atoms with Crippen LogP contribution < -0.4 is 9.64 Å². The maximum Gasteiger partial charge on any atom is 0.265 e. The number of anilines is 1. The Labute approximate surface area is 206 Å². The second-order valence-corrected chi connectivity index (χ2v) is 8.99. The van der Waals surface area contributed by atoms with Gasteiger partial charge in [0.25, 0.3) is 11.8 Å². The third kappa shape index (κ3) is 5.34. The molecule has 0 spiro atoms. The molecule has 1 fully saturated rings. The van der Waals surface area contributed by atoms with Gasteiger partial charge in [0.15, 0.2) is 6.61 Å². The van der Waals surface area contributed by atoms with Gasteiger partial charge >= 0.3 is 0 Å². The van der Waals surface area contributed by atoms with Crippen LogP contribution in [0.15, 0.2) is 78.7 Å². The van der Waals surface area contributed by atoms with Crippen molar-refractivity contribution in [3.63, 3.8) is 0 Å². The number of nitrogens with zero attached hydrogens (tertiary/aromatic N) is 4. The van der Waals surface area contributed by atoms with Crippen LogP contribution in [-0.2, 0) is 9.59 Å². The molecular formula is C28H32N4O3. The number of carbonyl (C=O) groups excluding carboxylic acids is 2. The molecule has 2 aromatic rings. The Morgan fingerprint density at radius 3 is 2.66 bits per heavy atom. The number of benzene rings is 1. The van der Waals surface area contributed by atoms with E-state index in [-0.39, 0.29) is 30.3 Å². The van der Waals surface area contributed by atoms with Gasteiger partial charge in [-0.2, -0.15) is 5.10 Å². The van der Waals surface area contributed by atoms with Crippen molar-refractivity contribution in [2.45, 2.75) is 58.0 Å². The molecule has 7 heteroatoms. The zero-order valence-corrected chi connectivity index (χ0v) is 20.4. The topological polar surface area (TPSA) is 75.6 Å². The lowest BCUT2D eigenvalue weighted by molar-refractivity contribution is -0.138. The first-order valence-electron chi connectivity index (χ1n) is 12.2. The second-order valence-electron chi connectivity index (χ2n) is 8.99.